The Morgan fingerprint density at radius 3 is 2.95 bits per heavy atom. The van der Waals surface area contributed by atoms with Gasteiger partial charge in [-0.05, 0) is 0 Å². The van der Waals surface area contributed by atoms with Crippen molar-refractivity contribution >= 4 is 5.91 Å². The standard InChI is InChI=1S/C13H15N5O3/c1-20-11-5-10(15-13(16-11)21-2)12(19)18-4-3-9-8(7-18)6-14-17-9/h5-6H,3-4,7H2,1-2H3,(H,14,17). The van der Waals surface area contributed by atoms with E-state index in [4.69, 9.17) is 9.47 Å². The molecule has 0 fully saturated rings. The third-order valence-electron chi connectivity index (χ3n) is 3.38. The maximum Gasteiger partial charge on any atom is 0.320 e. The fourth-order valence-electron chi connectivity index (χ4n) is 2.27. The molecule has 1 aliphatic heterocycles. The van der Waals surface area contributed by atoms with Crippen molar-refractivity contribution in [2.45, 2.75) is 13.0 Å². The summed E-state index contributed by atoms with van der Waals surface area (Å²) in [6.45, 7) is 1.13. The number of fused-ring (bicyclic) bond motifs is 1. The minimum Gasteiger partial charge on any atom is -0.481 e. The van der Waals surface area contributed by atoms with Crippen LogP contribution >= 0.6 is 0 Å². The molecule has 21 heavy (non-hydrogen) atoms. The highest BCUT2D eigenvalue weighted by Crippen LogP contribution is 2.20. The summed E-state index contributed by atoms with van der Waals surface area (Å²) in [5.74, 6) is 0.118. The molecule has 2 aromatic heterocycles. The summed E-state index contributed by atoms with van der Waals surface area (Å²) in [6.07, 6.45) is 2.50. The Morgan fingerprint density at radius 2 is 2.19 bits per heavy atom. The number of nitrogens with one attached hydrogen (secondary N) is 1. The highest BCUT2D eigenvalue weighted by Gasteiger charge is 2.25. The Balaban J connectivity index is 1.85. The van der Waals surface area contributed by atoms with Crippen molar-refractivity contribution in [3.63, 3.8) is 0 Å². The van der Waals surface area contributed by atoms with Crippen LogP contribution in [0.1, 0.15) is 21.7 Å². The molecule has 1 N–H and O–H groups in total. The van der Waals surface area contributed by atoms with E-state index in [0.717, 1.165) is 17.7 Å². The highest BCUT2D eigenvalue weighted by atomic mass is 16.5. The number of hydrogen-bond donors (Lipinski definition) is 1. The molecule has 0 aliphatic carbocycles. The first kappa shape index (κ1) is 13.3. The Labute approximate surface area is 121 Å². The van der Waals surface area contributed by atoms with E-state index in [1.54, 1.807) is 11.1 Å². The predicted octanol–water partition coefficient (Wildman–Crippen LogP) is 0.415. The lowest BCUT2D eigenvalue weighted by Crippen LogP contribution is -2.36. The first-order valence-corrected chi connectivity index (χ1v) is 6.48. The fraction of sp³-hybridized carbons (Fsp3) is 0.385. The first-order valence-electron chi connectivity index (χ1n) is 6.48. The Hall–Kier alpha value is -2.64. The maximum atomic E-state index is 12.6. The molecule has 2 aromatic rings. The Bertz CT molecular complexity index is 647. The van der Waals surface area contributed by atoms with Crippen LogP contribution in [0.5, 0.6) is 11.9 Å². The zero-order valence-corrected chi connectivity index (χ0v) is 11.8. The molecule has 0 saturated carbocycles. The summed E-state index contributed by atoms with van der Waals surface area (Å²) in [7, 11) is 2.93. The molecular weight excluding hydrogens is 274 g/mol. The molecule has 0 bridgehead atoms. The first-order chi connectivity index (χ1) is 10.2. The third-order valence-corrected chi connectivity index (χ3v) is 3.38. The van der Waals surface area contributed by atoms with E-state index in [9.17, 15) is 4.79 Å². The summed E-state index contributed by atoms with van der Waals surface area (Å²) in [5, 5.41) is 6.94. The number of H-pyrrole nitrogens is 1. The number of rotatable bonds is 3. The lowest BCUT2D eigenvalue weighted by atomic mass is 10.1. The molecule has 1 aliphatic rings. The topological polar surface area (TPSA) is 93.2 Å². The minimum absolute atomic E-state index is 0.110. The molecule has 1 amide bonds. The summed E-state index contributed by atoms with van der Waals surface area (Å²) < 4.78 is 10.1. The number of carbonyl (C=O) groups excluding carboxylic acids is 1. The van der Waals surface area contributed by atoms with Gasteiger partial charge in [0.2, 0.25) is 5.88 Å². The summed E-state index contributed by atoms with van der Waals surface area (Å²) in [4.78, 5) is 22.4. The predicted molar refractivity (Wildman–Crippen MR) is 72.2 cm³/mol. The van der Waals surface area contributed by atoms with Crippen molar-refractivity contribution in [2.24, 2.45) is 0 Å². The lowest BCUT2D eigenvalue weighted by molar-refractivity contribution is 0.0726. The monoisotopic (exact) mass is 289 g/mol. The minimum atomic E-state index is -0.180. The van der Waals surface area contributed by atoms with Gasteiger partial charge in [-0.25, -0.2) is 0 Å². The van der Waals surface area contributed by atoms with E-state index < -0.39 is 0 Å². The number of aromatic amines is 1. The van der Waals surface area contributed by atoms with Crippen molar-refractivity contribution in [2.75, 3.05) is 20.8 Å². The maximum absolute atomic E-state index is 12.6. The number of nitrogens with zero attached hydrogens (tertiary/aromatic N) is 4. The van der Waals surface area contributed by atoms with Crippen LogP contribution in [0.3, 0.4) is 0 Å². The molecule has 8 nitrogen and oxygen atoms in total. The molecule has 0 saturated heterocycles. The average Bonchev–Trinajstić information content (AvgIpc) is 3.01. The number of carbonyl (C=O) groups is 1. The summed E-state index contributed by atoms with van der Waals surface area (Å²) >= 11 is 0. The zero-order valence-electron chi connectivity index (χ0n) is 11.8. The van der Waals surface area contributed by atoms with Crippen LogP contribution in [0.4, 0.5) is 0 Å². The van der Waals surface area contributed by atoms with E-state index in [0.29, 0.717) is 19.0 Å². The van der Waals surface area contributed by atoms with E-state index in [1.165, 1.54) is 20.3 Å². The average molecular weight is 289 g/mol. The van der Waals surface area contributed by atoms with E-state index >= 15 is 0 Å². The van der Waals surface area contributed by atoms with Crippen molar-refractivity contribution in [1.29, 1.82) is 0 Å². The van der Waals surface area contributed by atoms with E-state index in [2.05, 4.69) is 20.2 Å². The summed E-state index contributed by atoms with van der Waals surface area (Å²) in [5.41, 5.74) is 2.37. The quantitative estimate of drug-likeness (QED) is 0.880. The SMILES string of the molecule is COc1cc(C(=O)N2CCc3[nH]ncc3C2)nc(OC)n1. The largest absolute Gasteiger partial charge is 0.481 e. The second-order valence-corrected chi connectivity index (χ2v) is 4.63. The number of ether oxygens (including phenoxy) is 2. The second-order valence-electron chi connectivity index (χ2n) is 4.63. The van der Waals surface area contributed by atoms with Crippen LogP contribution in [0, 0.1) is 0 Å². The van der Waals surface area contributed by atoms with Gasteiger partial charge in [0.15, 0.2) is 0 Å². The molecule has 0 radical (unpaired) electrons. The van der Waals surface area contributed by atoms with Crippen LogP contribution in [0.2, 0.25) is 0 Å². The molecule has 3 rings (SSSR count). The van der Waals surface area contributed by atoms with Gasteiger partial charge in [-0.1, -0.05) is 0 Å². The van der Waals surface area contributed by atoms with Gasteiger partial charge in [0.1, 0.15) is 5.69 Å². The van der Waals surface area contributed by atoms with Crippen LogP contribution in [0.25, 0.3) is 0 Å². The van der Waals surface area contributed by atoms with Crippen molar-refractivity contribution < 1.29 is 14.3 Å². The van der Waals surface area contributed by atoms with Gasteiger partial charge in [-0.2, -0.15) is 15.1 Å². The lowest BCUT2D eigenvalue weighted by Gasteiger charge is -2.26. The molecule has 0 atom stereocenters. The molecule has 0 aromatic carbocycles. The molecule has 0 unspecified atom stereocenters. The smallest absolute Gasteiger partial charge is 0.320 e. The van der Waals surface area contributed by atoms with Crippen LogP contribution in [-0.4, -0.2) is 51.7 Å². The van der Waals surface area contributed by atoms with E-state index in [-0.39, 0.29) is 17.6 Å². The van der Waals surface area contributed by atoms with Gasteiger partial charge < -0.3 is 14.4 Å². The number of aromatic nitrogens is 4. The van der Waals surface area contributed by atoms with E-state index in [1.807, 2.05) is 0 Å². The molecular formula is C13H15N5O3. The van der Waals surface area contributed by atoms with Gasteiger partial charge in [0, 0.05) is 36.8 Å². The van der Waals surface area contributed by atoms with Crippen LogP contribution < -0.4 is 9.47 Å². The number of hydrogen-bond acceptors (Lipinski definition) is 6. The Morgan fingerprint density at radius 1 is 1.33 bits per heavy atom. The van der Waals surface area contributed by atoms with Gasteiger partial charge in [-0.15, -0.1) is 0 Å². The van der Waals surface area contributed by atoms with Gasteiger partial charge in [-0.3, -0.25) is 9.89 Å². The molecule has 8 heteroatoms. The molecule has 110 valence electrons. The van der Waals surface area contributed by atoms with Gasteiger partial charge in [0.05, 0.1) is 20.4 Å². The fourth-order valence-corrected chi connectivity index (χ4v) is 2.27. The van der Waals surface area contributed by atoms with Crippen LogP contribution in [-0.2, 0) is 13.0 Å². The van der Waals surface area contributed by atoms with Gasteiger partial charge >= 0.3 is 6.01 Å². The van der Waals surface area contributed by atoms with Crippen molar-refractivity contribution in [3.05, 3.63) is 29.2 Å². The van der Waals surface area contributed by atoms with Crippen molar-refractivity contribution in [3.8, 4) is 11.9 Å². The second kappa shape index (κ2) is 5.39. The highest BCUT2D eigenvalue weighted by molar-refractivity contribution is 5.92. The number of amides is 1. The summed E-state index contributed by atoms with van der Waals surface area (Å²) in [6, 6.07) is 1.62. The normalized spacial score (nSPS) is 13.7. The molecule has 3 heterocycles. The zero-order chi connectivity index (χ0) is 14.8. The Kier molecular flexibility index (Phi) is 3.43. The molecule has 0 spiro atoms. The van der Waals surface area contributed by atoms with Crippen LogP contribution in [0.15, 0.2) is 12.3 Å². The van der Waals surface area contributed by atoms with Gasteiger partial charge in [0.25, 0.3) is 5.91 Å². The number of methoxy groups -OCH3 is 2. The van der Waals surface area contributed by atoms with Crippen molar-refractivity contribution in [1.82, 2.24) is 25.1 Å². The third kappa shape index (κ3) is 2.51.